The van der Waals surface area contributed by atoms with E-state index in [0.717, 1.165) is 30.2 Å². The van der Waals surface area contributed by atoms with E-state index in [1.807, 2.05) is 24.7 Å². The van der Waals surface area contributed by atoms with Crippen molar-refractivity contribution >= 4 is 0 Å². The van der Waals surface area contributed by atoms with Crippen molar-refractivity contribution in [1.82, 2.24) is 9.55 Å². The molecule has 5 heteroatoms. The molecule has 2 N–H and O–H groups in total. The molecule has 0 saturated heterocycles. The third kappa shape index (κ3) is 2.56. The normalized spacial score (nSPS) is 13.5. The lowest BCUT2D eigenvalue weighted by Crippen LogP contribution is -2.15. The average molecular weight is 259 g/mol. The summed E-state index contributed by atoms with van der Waals surface area (Å²) in [5, 5.41) is 0. The predicted octanol–water partition coefficient (Wildman–Crippen LogP) is 1.20. The van der Waals surface area contributed by atoms with E-state index < -0.39 is 0 Å². The van der Waals surface area contributed by atoms with Gasteiger partial charge in [-0.05, 0) is 24.2 Å². The summed E-state index contributed by atoms with van der Waals surface area (Å²) >= 11 is 0. The van der Waals surface area contributed by atoms with Crippen LogP contribution in [0.1, 0.15) is 11.3 Å². The van der Waals surface area contributed by atoms with Gasteiger partial charge in [-0.15, -0.1) is 0 Å². The third-order valence-electron chi connectivity index (χ3n) is 3.16. The van der Waals surface area contributed by atoms with Crippen LogP contribution in [0.2, 0.25) is 0 Å². The molecule has 0 radical (unpaired) electrons. The molecule has 1 aliphatic rings. The molecular weight excluding hydrogens is 242 g/mol. The van der Waals surface area contributed by atoms with Crippen molar-refractivity contribution in [2.75, 3.05) is 19.8 Å². The SMILES string of the molecule is NCCc1cncn1Cc1ccc2c(c1)OCCO2. The quantitative estimate of drug-likeness (QED) is 0.896. The molecule has 2 aromatic rings. The van der Waals surface area contributed by atoms with E-state index in [2.05, 4.69) is 15.6 Å². The van der Waals surface area contributed by atoms with E-state index in [0.29, 0.717) is 19.8 Å². The molecule has 1 aromatic heterocycles. The van der Waals surface area contributed by atoms with Crippen molar-refractivity contribution in [3.8, 4) is 11.5 Å². The Hall–Kier alpha value is -2.01. The van der Waals surface area contributed by atoms with Gasteiger partial charge in [-0.1, -0.05) is 6.07 Å². The summed E-state index contributed by atoms with van der Waals surface area (Å²) < 4.78 is 13.2. The second-order valence-corrected chi connectivity index (χ2v) is 4.53. The summed E-state index contributed by atoms with van der Waals surface area (Å²) in [5.74, 6) is 1.65. The van der Waals surface area contributed by atoms with Crippen LogP contribution < -0.4 is 15.2 Å². The molecule has 0 saturated carbocycles. The van der Waals surface area contributed by atoms with E-state index in [9.17, 15) is 0 Å². The number of nitrogens with zero attached hydrogens (tertiary/aromatic N) is 2. The first-order chi connectivity index (χ1) is 9.36. The van der Waals surface area contributed by atoms with E-state index in [1.165, 1.54) is 5.56 Å². The Labute approximate surface area is 112 Å². The predicted molar refractivity (Wildman–Crippen MR) is 71.5 cm³/mol. The van der Waals surface area contributed by atoms with E-state index in [4.69, 9.17) is 15.2 Å². The Balaban J connectivity index is 1.81. The maximum Gasteiger partial charge on any atom is 0.161 e. The van der Waals surface area contributed by atoms with E-state index in [-0.39, 0.29) is 0 Å². The summed E-state index contributed by atoms with van der Waals surface area (Å²) in [6.45, 7) is 2.63. The minimum absolute atomic E-state index is 0.611. The molecule has 0 aliphatic carbocycles. The number of aromatic nitrogens is 2. The third-order valence-corrected chi connectivity index (χ3v) is 3.16. The topological polar surface area (TPSA) is 62.3 Å². The molecule has 5 nitrogen and oxygen atoms in total. The molecule has 3 rings (SSSR count). The van der Waals surface area contributed by atoms with Gasteiger partial charge in [-0.25, -0.2) is 4.98 Å². The maximum absolute atomic E-state index is 5.60. The van der Waals surface area contributed by atoms with Crippen molar-refractivity contribution in [2.45, 2.75) is 13.0 Å². The van der Waals surface area contributed by atoms with Gasteiger partial charge in [-0.3, -0.25) is 0 Å². The first kappa shape index (κ1) is 12.0. The standard InChI is InChI=1S/C14H17N3O2/c15-4-3-12-8-16-10-17(12)9-11-1-2-13-14(7-11)19-6-5-18-13/h1-2,7-8,10H,3-6,9,15H2. The number of rotatable bonds is 4. The van der Waals surface area contributed by atoms with Gasteiger partial charge in [0.15, 0.2) is 11.5 Å². The smallest absolute Gasteiger partial charge is 0.161 e. The van der Waals surface area contributed by atoms with Gasteiger partial charge in [0.2, 0.25) is 0 Å². The average Bonchev–Trinajstić information content (AvgIpc) is 2.86. The van der Waals surface area contributed by atoms with Crippen LogP contribution in [0.15, 0.2) is 30.7 Å². The van der Waals surface area contributed by atoms with Crippen LogP contribution >= 0.6 is 0 Å². The number of hydrogen-bond acceptors (Lipinski definition) is 4. The van der Waals surface area contributed by atoms with Gasteiger partial charge in [0, 0.05) is 24.9 Å². The first-order valence-electron chi connectivity index (χ1n) is 6.44. The minimum atomic E-state index is 0.611. The Morgan fingerprint density at radius 1 is 1.21 bits per heavy atom. The molecule has 0 atom stereocenters. The van der Waals surface area contributed by atoms with Gasteiger partial charge in [-0.2, -0.15) is 0 Å². The van der Waals surface area contributed by atoms with Crippen LogP contribution in [0.25, 0.3) is 0 Å². The molecule has 100 valence electrons. The number of hydrogen-bond donors (Lipinski definition) is 1. The van der Waals surface area contributed by atoms with Crippen LogP contribution in [0, 0.1) is 0 Å². The molecule has 1 aromatic carbocycles. The second kappa shape index (κ2) is 5.32. The van der Waals surface area contributed by atoms with Crippen LogP contribution in [0.3, 0.4) is 0 Å². The van der Waals surface area contributed by atoms with Crippen LogP contribution in [0.5, 0.6) is 11.5 Å². The van der Waals surface area contributed by atoms with Gasteiger partial charge < -0.3 is 19.8 Å². The first-order valence-corrected chi connectivity index (χ1v) is 6.44. The minimum Gasteiger partial charge on any atom is -0.486 e. The fraction of sp³-hybridized carbons (Fsp3) is 0.357. The molecule has 1 aliphatic heterocycles. The van der Waals surface area contributed by atoms with Crippen molar-refractivity contribution in [2.24, 2.45) is 5.73 Å². The lowest BCUT2D eigenvalue weighted by molar-refractivity contribution is 0.171. The Morgan fingerprint density at radius 3 is 2.89 bits per heavy atom. The van der Waals surface area contributed by atoms with Crippen molar-refractivity contribution in [3.63, 3.8) is 0 Å². The number of nitrogens with two attached hydrogens (primary N) is 1. The molecule has 0 amide bonds. The second-order valence-electron chi connectivity index (χ2n) is 4.53. The van der Waals surface area contributed by atoms with Crippen molar-refractivity contribution in [1.29, 1.82) is 0 Å². The summed E-state index contributed by atoms with van der Waals surface area (Å²) in [6.07, 6.45) is 4.54. The van der Waals surface area contributed by atoms with Crippen LogP contribution in [-0.2, 0) is 13.0 Å². The van der Waals surface area contributed by atoms with Crippen LogP contribution in [0.4, 0.5) is 0 Å². The number of benzene rings is 1. The zero-order chi connectivity index (χ0) is 13.1. The monoisotopic (exact) mass is 259 g/mol. The zero-order valence-electron chi connectivity index (χ0n) is 10.7. The van der Waals surface area contributed by atoms with Gasteiger partial charge in [0.05, 0.1) is 6.33 Å². The highest BCUT2D eigenvalue weighted by Gasteiger charge is 2.12. The number of imidazole rings is 1. The largest absolute Gasteiger partial charge is 0.486 e. The fourth-order valence-corrected chi connectivity index (χ4v) is 2.23. The summed E-state index contributed by atoms with van der Waals surface area (Å²) in [4.78, 5) is 4.18. The molecule has 0 unspecified atom stereocenters. The molecule has 0 fully saturated rings. The van der Waals surface area contributed by atoms with E-state index in [1.54, 1.807) is 0 Å². The Morgan fingerprint density at radius 2 is 2.05 bits per heavy atom. The summed E-state index contributed by atoms with van der Waals surface area (Å²) in [6, 6.07) is 6.05. The highest BCUT2D eigenvalue weighted by molar-refractivity contribution is 5.43. The van der Waals surface area contributed by atoms with Gasteiger partial charge in [0.1, 0.15) is 13.2 Å². The highest BCUT2D eigenvalue weighted by atomic mass is 16.6. The van der Waals surface area contributed by atoms with Crippen molar-refractivity contribution in [3.05, 3.63) is 42.0 Å². The molecule has 19 heavy (non-hydrogen) atoms. The lowest BCUT2D eigenvalue weighted by Gasteiger charge is -2.19. The Bertz CT molecular complexity index is 566. The van der Waals surface area contributed by atoms with Gasteiger partial charge in [0.25, 0.3) is 0 Å². The lowest BCUT2D eigenvalue weighted by atomic mass is 10.2. The molecule has 0 spiro atoms. The zero-order valence-corrected chi connectivity index (χ0v) is 10.7. The maximum atomic E-state index is 5.60. The van der Waals surface area contributed by atoms with Crippen molar-refractivity contribution < 1.29 is 9.47 Å². The van der Waals surface area contributed by atoms with Gasteiger partial charge >= 0.3 is 0 Å². The number of ether oxygens (including phenoxy) is 2. The summed E-state index contributed by atoms with van der Waals surface area (Å²) in [7, 11) is 0. The Kier molecular flexibility index (Phi) is 3.37. The number of fused-ring (bicyclic) bond motifs is 1. The molecule has 0 bridgehead atoms. The van der Waals surface area contributed by atoms with Crippen LogP contribution in [-0.4, -0.2) is 29.3 Å². The molecular formula is C14H17N3O2. The highest BCUT2D eigenvalue weighted by Crippen LogP contribution is 2.31. The van der Waals surface area contributed by atoms with E-state index >= 15 is 0 Å². The fourth-order valence-electron chi connectivity index (χ4n) is 2.23. The molecule has 2 heterocycles. The summed E-state index contributed by atoms with van der Waals surface area (Å²) in [5.41, 5.74) is 7.91.